The van der Waals surface area contributed by atoms with E-state index in [4.69, 9.17) is 10.2 Å². The molecule has 11 heteroatoms. The van der Waals surface area contributed by atoms with E-state index in [1.54, 1.807) is 18.4 Å². The Bertz CT molecular complexity index is 1070. The van der Waals surface area contributed by atoms with Crippen LogP contribution in [0, 0.1) is 0 Å². The van der Waals surface area contributed by atoms with Crippen LogP contribution < -0.4 is 10.6 Å². The molecule has 1 atom stereocenters. The first-order chi connectivity index (χ1) is 15.0. The maximum atomic E-state index is 13.3. The van der Waals surface area contributed by atoms with Crippen molar-refractivity contribution in [3.8, 4) is 11.6 Å². The van der Waals surface area contributed by atoms with E-state index in [-0.39, 0.29) is 17.9 Å². The summed E-state index contributed by atoms with van der Waals surface area (Å²) in [6.45, 7) is 8.39. The molecule has 3 aromatic heterocycles. The Labute approximate surface area is 179 Å². The number of fused-ring (bicyclic) bond motifs is 1. The van der Waals surface area contributed by atoms with Gasteiger partial charge in [-0.1, -0.05) is 0 Å². The van der Waals surface area contributed by atoms with Gasteiger partial charge in [0.2, 0.25) is 23.6 Å². The third-order valence-corrected chi connectivity index (χ3v) is 6.11. The van der Waals surface area contributed by atoms with Crippen LogP contribution >= 0.6 is 0 Å². The average molecular weight is 425 g/mol. The summed E-state index contributed by atoms with van der Waals surface area (Å²) >= 11 is 0. The highest BCUT2D eigenvalue weighted by atomic mass is 16.3. The molecule has 3 aromatic rings. The Morgan fingerprint density at radius 1 is 1.16 bits per heavy atom. The average Bonchev–Trinajstić information content (AvgIpc) is 3.53. The number of piperazine rings is 1. The minimum absolute atomic E-state index is 0.140. The second-order valence-electron chi connectivity index (χ2n) is 8.31. The number of nitrogens with two attached hydrogens (primary N) is 1. The number of nitrogen functional groups attached to an aromatic ring is 1. The van der Waals surface area contributed by atoms with Gasteiger partial charge in [0, 0.05) is 38.8 Å². The minimum Gasteiger partial charge on any atom is -0.461 e. The van der Waals surface area contributed by atoms with Crippen molar-refractivity contribution in [1.82, 2.24) is 34.4 Å². The molecule has 2 aliphatic rings. The summed E-state index contributed by atoms with van der Waals surface area (Å²) in [4.78, 5) is 33.1. The number of hydrogen-bond donors (Lipinski definition) is 1. The normalized spacial score (nSPS) is 20.3. The molecule has 0 saturated carbocycles. The monoisotopic (exact) mass is 425 g/mol. The number of carbonyl (C=O) groups is 1. The van der Waals surface area contributed by atoms with Crippen LogP contribution in [0.4, 0.5) is 11.9 Å². The fourth-order valence-electron chi connectivity index (χ4n) is 4.37. The SMILES string of the molecule is CC(C)N1CCN(C(=O)[C@@H]2CCCN2c2nc(N)n3nc(-c4ccco4)nc3n2)CC1. The van der Waals surface area contributed by atoms with Crippen LogP contribution in [-0.2, 0) is 4.79 Å². The number of amides is 1. The lowest BCUT2D eigenvalue weighted by Crippen LogP contribution is -2.55. The maximum absolute atomic E-state index is 13.3. The van der Waals surface area contributed by atoms with Gasteiger partial charge in [-0.2, -0.15) is 19.5 Å². The molecule has 164 valence electrons. The third kappa shape index (κ3) is 3.58. The van der Waals surface area contributed by atoms with Gasteiger partial charge in [-0.05, 0) is 38.8 Å². The van der Waals surface area contributed by atoms with Crippen molar-refractivity contribution in [3.63, 3.8) is 0 Å². The Hall–Kier alpha value is -3.21. The van der Waals surface area contributed by atoms with Gasteiger partial charge in [0.1, 0.15) is 6.04 Å². The van der Waals surface area contributed by atoms with Crippen molar-refractivity contribution in [2.75, 3.05) is 43.4 Å². The van der Waals surface area contributed by atoms with Gasteiger partial charge in [0.25, 0.3) is 5.78 Å². The van der Waals surface area contributed by atoms with Crippen LogP contribution in [0.1, 0.15) is 26.7 Å². The van der Waals surface area contributed by atoms with Gasteiger partial charge in [0.05, 0.1) is 6.26 Å². The number of anilines is 2. The molecule has 2 fully saturated rings. The first-order valence-electron chi connectivity index (χ1n) is 10.7. The van der Waals surface area contributed by atoms with Crippen molar-refractivity contribution in [2.24, 2.45) is 0 Å². The number of aromatic nitrogens is 5. The summed E-state index contributed by atoms with van der Waals surface area (Å²) in [5.41, 5.74) is 6.15. The van der Waals surface area contributed by atoms with Gasteiger partial charge < -0.3 is 20.0 Å². The van der Waals surface area contributed by atoms with Gasteiger partial charge in [0.15, 0.2) is 5.76 Å². The van der Waals surface area contributed by atoms with Crippen molar-refractivity contribution in [3.05, 3.63) is 18.4 Å². The summed E-state index contributed by atoms with van der Waals surface area (Å²) in [6.07, 6.45) is 3.24. The second-order valence-corrected chi connectivity index (χ2v) is 8.31. The lowest BCUT2D eigenvalue weighted by atomic mass is 10.1. The van der Waals surface area contributed by atoms with E-state index >= 15 is 0 Å². The molecule has 1 amide bonds. The largest absolute Gasteiger partial charge is 0.461 e. The maximum Gasteiger partial charge on any atom is 0.259 e. The van der Waals surface area contributed by atoms with E-state index < -0.39 is 0 Å². The first-order valence-corrected chi connectivity index (χ1v) is 10.7. The smallest absolute Gasteiger partial charge is 0.259 e. The van der Waals surface area contributed by atoms with Gasteiger partial charge in [-0.3, -0.25) is 9.69 Å². The van der Waals surface area contributed by atoms with Crippen LogP contribution in [0.15, 0.2) is 22.8 Å². The van der Waals surface area contributed by atoms with E-state index in [0.29, 0.717) is 35.9 Å². The lowest BCUT2D eigenvalue weighted by molar-refractivity contribution is -0.134. The second kappa shape index (κ2) is 7.80. The molecule has 11 nitrogen and oxygen atoms in total. The summed E-state index contributed by atoms with van der Waals surface area (Å²) in [5.74, 6) is 1.98. The highest BCUT2D eigenvalue weighted by Gasteiger charge is 2.37. The number of hydrogen-bond acceptors (Lipinski definition) is 9. The number of nitrogens with zero attached hydrogens (tertiary/aromatic N) is 8. The zero-order valence-corrected chi connectivity index (χ0v) is 17.8. The molecule has 5 heterocycles. The molecule has 5 rings (SSSR count). The predicted molar refractivity (Wildman–Crippen MR) is 114 cm³/mol. The molecule has 2 saturated heterocycles. The Morgan fingerprint density at radius 2 is 1.97 bits per heavy atom. The van der Waals surface area contributed by atoms with Crippen LogP contribution in [0.25, 0.3) is 17.4 Å². The van der Waals surface area contributed by atoms with E-state index in [2.05, 4.69) is 38.8 Å². The summed E-state index contributed by atoms with van der Waals surface area (Å²) in [6, 6.07) is 3.76. The van der Waals surface area contributed by atoms with Gasteiger partial charge >= 0.3 is 0 Å². The summed E-state index contributed by atoms with van der Waals surface area (Å²) in [5, 5.41) is 4.33. The standard InChI is InChI=1S/C20H27N9O2/c1-13(2)26-8-10-27(11-9-26)17(30)14-5-3-7-28(14)19-23-18(21)29-20(24-19)22-16(25-29)15-6-4-12-31-15/h4,6,12-14H,3,5,7-11H2,1-2H3,(H2,21,22,23,24,25)/t14-/m0/s1. The highest BCUT2D eigenvalue weighted by Crippen LogP contribution is 2.26. The van der Waals surface area contributed by atoms with Crippen LogP contribution in [-0.4, -0.2) is 85.1 Å². The fraction of sp³-hybridized carbons (Fsp3) is 0.550. The first kappa shape index (κ1) is 19.7. The molecule has 31 heavy (non-hydrogen) atoms. The molecular formula is C20H27N9O2. The number of carbonyl (C=O) groups excluding carboxylic acids is 1. The zero-order valence-electron chi connectivity index (χ0n) is 17.8. The van der Waals surface area contributed by atoms with Crippen LogP contribution in [0.2, 0.25) is 0 Å². The summed E-state index contributed by atoms with van der Waals surface area (Å²) < 4.78 is 6.75. The van der Waals surface area contributed by atoms with Crippen LogP contribution in [0.5, 0.6) is 0 Å². The molecular weight excluding hydrogens is 398 g/mol. The number of rotatable bonds is 4. The lowest BCUT2D eigenvalue weighted by Gasteiger charge is -2.38. The summed E-state index contributed by atoms with van der Waals surface area (Å²) in [7, 11) is 0. The molecule has 2 aliphatic heterocycles. The Morgan fingerprint density at radius 3 is 2.68 bits per heavy atom. The molecule has 2 N–H and O–H groups in total. The van der Waals surface area contributed by atoms with E-state index in [1.165, 1.54) is 4.52 Å². The van der Waals surface area contributed by atoms with E-state index in [1.807, 2.05) is 9.80 Å². The Kier molecular flexibility index (Phi) is 4.97. The molecule has 0 aliphatic carbocycles. The van der Waals surface area contributed by atoms with E-state index in [9.17, 15) is 4.79 Å². The molecule has 0 radical (unpaired) electrons. The third-order valence-electron chi connectivity index (χ3n) is 6.11. The van der Waals surface area contributed by atoms with Crippen LogP contribution in [0.3, 0.4) is 0 Å². The van der Waals surface area contributed by atoms with Crippen molar-refractivity contribution >= 4 is 23.6 Å². The van der Waals surface area contributed by atoms with Crippen molar-refractivity contribution < 1.29 is 9.21 Å². The van der Waals surface area contributed by atoms with E-state index in [0.717, 1.165) is 39.0 Å². The molecule has 0 unspecified atom stereocenters. The predicted octanol–water partition coefficient (Wildman–Crippen LogP) is 0.883. The number of furan rings is 1. The quantitative estimate of drug-likeness (QED) is 0.649. The zero-order chi connectivity index (χ0) is 21.5. The highest BCUT2D eigenvalue weighted by molar-refractivity contribution is 5.85. The fourth-order valence-corrected chi connectivity index (χ4v) is 4.37. The van der Waals surface area contributed by atoms with Crippen molar-refractivity contribution in [1.29, 1.82) is 0 Å². The molecule has 0 spiro atoms. The van der Waals surface area contributed by atoms with Gasteiger partial charge in [-0.15, -0.1) is 5.10 Å². The van der Waals surface area contributed by atoms with Gasteiger partial charge in [-0.25, -0.2) is 0 Å². The Balaban J connectivity index is 1.38. The van der Waals surface area contributed by atoms with Crippen molar-refractivity contribution in [2.45, 2.75) is 38.8 Å². The topological polar surface area (TPSA) is 122 Å². The molecule has 0 aromatic carbocycles. The minimum atomic E-state index is -0.278. The molecule has 0 bridgehead atoms.